The first-order valence-electron chi connectivity index (χ1n) is 9.72. The number of hydrogen-bond donors (Lipinski definition) is 2. The molecule has 148 valence electrons. The smallest absolute Gasteiger partial charge is 0.260 e. The summed E-state index contributed by atoms with van der Waals surface area (Å²) >= 11 is 1.71. The predicted molar refractivity (Wildman–Crippen MR) is 119 cm³/mol. The number of rotatable bonds is 7. The third-order valence-corrected chi connectivity index (χ3v) is 6.02. The quantitative estimate of drug-likeness (QED) is 0.442. The van der Waals surface area contributed by atoms with Gasteiger partial charge in [0.15, 0.2) is 6.10 Å². The second kappa shape index (κ2) is 8.53. The lowest BCUT2D eigenvalue weighted by Gasteiger charge is -2.19. The first-order chi connectivity index (χ1) is 14.1. The van der Waals surface area contributed by atoms with Crippen molar-refractivity contribution < 1.29 is 9.53 Å². The number of H-pyrrole nitrogens is 1. The van der Waals surface area contributed by atoms with Crippen LogP contribution >= 0.6 is 11.3 Å². The molecule has 0 saturated heterocycles. The molecule has 2 aromatic carbocycles. The highest BCUT2D eigenvalue weighted by Crippen LogP contribution is 2.32. The monoisotopic (exact) mass is 404 g/mol. The van der Waals surface area contributed by atoms with Crippen molar-refractivity contribution in [2.24, 2.45) is 0 Å². The fourth-order valence-corrected chi connectivity index (χ4v) is 4.37. The third kappa shape index (κ3) is 4.35. The molecule has 1 amide bonds. The number of carbonyl (C=O) groups is 1. The molecule has 4 rings (SSSR count). The summed E-state index contributed by atoms with van der Waals surface area (Å²) in [5.41, 5.74) is 3.40. The molecule has 0 fully saturated rings. The molecular weight excluding hydrogens is 380 g/mol. The molecule has 0 aliphatic rings. The zero-order chi connectivity index (χ0) is 20.2. The Hall–Kier alpha value is -3.05. The lowest BCUT2D eigenvalue weighted by Crippen LogP contribution is -2.38. The maximum absolute atomic E-state index is 12.7. The average molecular weight is 405 g/mol. The van der Waals surface area contributed by atoms with E-state index in [9.17, 15) is 4.79 Å². The number of aryl methyl sites for hydroxylation is 1. The van der Waals surface area contributed by atoms with Gasteiger partial charge in [-0.1, -0.05) is 36.4 Å². The van der Waals surface area contributed by atoms with E-state index in [2.05, 4.69) is 33.9 Å². The van der Waals surface area contributed by atoms with Crippen LogP contribution in [0.3, 0.4) is 0 Å². The van der Waals surface area contributed by atoms with Gasteiger partial charge in [0.05, 0.1) is 0 Å². The molecule has 29 heavy (non-hydrogen) atoms. The van der Waals surface area contributed by atoms with Crippen molar-refractivity contribution in [3.05, 3.63) is 88.2 Å². The van der Waals surface area contributed by atoms with Crippen LogP contribution in [0.15, 0.2) is 72.2 Å². The topological polar surface area (TPSA) is 54.1 Å². The van der Waals surface area contributed by atoms with Crippen LogP contribution in [0, 0.1) is 6.92 Å². The fraction of sp³-hybridized carbons (Fsp3) is 0.208. The minimum atomic E-state index is -0.566. The van der Waals surface area contributed by atoms with Crippen LogP contribution in [-0.4, -0.2) is 23.5 Å². The summed E-state index contributed by atoms with van der Waals surface area (Å²) in [6, 6.07) is 20.2. The van der Waals surface area contributed by atoms with Crippen molar-refractivity contribution >= 4 is 28.1 Å². The van der Waals surface area contributed by atoms with Gasteiger partial charge in [-0.3, -0.25) is 4.79 Å². The Morgan fingerprint density at radius 3 is 2.79 bits per heavy atom. The molecule has 2 heterocycles. The molecule has 0 radical (unpaired) electrons. The van der Waals surface area contributed by atoms with Crippen LogP contribution in [0.1, 0.15) is 28.8 Å². The van der Waals surface area contributed by atoms with E-state index in [1.807, 2.05) is 55.6 Å². The summed E-state index contributed by atoms with van der Waals surface area (Å²) in [5.74, 6) is 0.674. The second-order valence-electron chi connectivity index (χ2n) is 7.18. The van der Waals surface area contributed by atoms with Crippen LogP contribution in [0.4, 0.5) is 0 Å². The Morgan fingerprint density at radius 1 is 1.14 bits per heavy atom. The number of nitrogens with one attached hydrogen (secondary N) is 2. The zero-order valence-corrected chi connectivity index (χ0v) is 17.3. The molecule has 0 saturated carbocycles. The molecule has 0 spiro atoms. The molecule has 2 N–H and O–H groups in total. The van der Waals surface area contributed by atoms with Gasteiger partial charge < -0.3 is 15.0 Å². The lowest BCUT2D eigenvalue weighted by atomic mass is 9.96. The first-order valence-corrected chi connectivity index (χ1v) is 10.6. The predicted octanol–water partition coefficient (Wildman–Crippen LogP) is 5.25. The molecule has 2 atom stereocenters. The summed E-state index contributed by atoms with van der Waals surface area (Å²) < 4.78 is 5.83. The van der Waals surface area contributed by atoms with E-state index in [-0.39, 0.29) is 11.8 Å². The van der Waals surface area contributed by atoms with Crippen molar-refractivity contribution in [3.63, 3.8) is 0 Å². The first kappa shape index (κ1) is 19.3. The van der Waals surface area contributed by atoms with Gasteiger partial charge in [0.25, 0.3) is 5.91 Å². The largest absolute Gasteiger partial charge is 0.481 e. The minimum Gasteiger partial charge on any atom is -0.481 e. The molecule has 2 aromatic heterocycles. The summed E-state index contributed by atoms with van der Waals surface area (Å²) in [6.45, 7) is 4.30. The Morgan fingerprint density at radius 2 is 2.00 bits per heavy atom. The minimum absolute atomic E-state index is 0.0845. The number of ether oxygens (including phenoxy) is 1. The third-order valence-electron chi connectivity index (χ3n) is 5.04. The number of fused-ring (bicyclic) bond motifs is 1. The van der Waals surface area contributed by atoms with E-state index in [1.54, 1.807) is 18.3 Å². The fourth-order valence-electron chi connectivity index (χ4n) is 3.53. The highest BCUT2D eigenvalue weighted by Gasteiger charge is 2.22. The summed E-state index contributed by atoms with van der Waals surface area (Å²) in [6.07, 6.45) is 1.48. The van der Waals surface area contributed by atoms with E-state index in [4.69, 9.17) is 4.74 Å². The molecule has 0 bridgehead atoms. The molecule has 4 nitrogen and oxygen atoms in total. The van der Waals surface area contributed by atoms with Gasteiger partial charge in [0, 0.05) is 34.4 Å². The Labute approximate surface area is 174 Å². The zero-order valence-electron chi connectivity index (χ0n) is 16.5. The standard InChI is InChI=1S/C24H24N2O2S/c1-16-7-5-8-18(13-16)28-17(2)24(27)26-15-21(23-11-6-12-29-23)20-14-25-22-10-4-3-9-19(20)22/h3-14,17,21,25H,15H2,1-2H3,(H,26,27). The van der Waals surface area contributed by atoms with E-state index in [1.165, 1.54) is 15.8 Å². The normalized spacial score (nSPS) is 13.2. The molecule has 5 heteroatoms. The van der Waals surface area contributed by atoms with Crippen LogP contribution in [0.25, 0.3) is 10.9 Å². The van der Waals surface area contributed by atoms with Gasteiger partial charge in [0.2, 0.25) is 0 Å². The maximum Gasteiger partial charge on any atom is 0.260 e. The number of para-hydroxylation sites is 1. The molecule has 0 aliphatic carbocycles. The Kier molecular flexibility index (Phi) is 5.67. The molecular formula is C24H24N2O2S. The van der Waals surface area contributed by atoms with Crippen molar-refractivity contribution in [1.82, 2.24) is 10.3 Å². The maximum atomic E-state index is 12.7. The van der Waals surface area contributed by atoms with Crippen LogP contribution in [0.2, 0.25) is 0 Å². The summed E-state index contributed by atoms with van der Waals surface area (Å²) in [7, 11) is 0. The highest BCUT2D eigenvalue weighted by atomic mass is 32.1. The highest BCUT2D eigenvalue weighted by molar-refractivity contribution is 7.10. The van der Waals surface area contributed by atoms with Gasteiger partial charge in [-0.25, -0.2) is 0 Å². The SMILES string of the molecule is Cc1cccc(OC(C)C(=O)NCC(c2cccs2)c2c[nH]c3ccccc23)c1. The second-order valence-corrected chi connectivity index (χ2v) is 8.16. The van der Waals surface area contributed by atoms with Crippen LogP contribution in [0.5, 0.6) is 5.75 Å². The Balaban J connectivity index is 1.49. The summed E-state index contributed by atoms with van der Waals surface area (Å²) in [5, 5.41) is 6.34. The van der Waals surface area contributed by atoms with Crippen molar-refractivity contribution in [3.8, 4) is 5.75 Å². The Bertz CT molecular complexity index is 1100. The van der Waals surface area contributed by atoms with Gasteiger partial charge >= 0.3 is 0 Å². The van der Waals surface area contributed by atoms with Crippen LogP contribution < -0.4 is 10.1 Å². The number of aromatic nitrogens is 1. The summed E-state index contributed by atoms with van der Waals surface area (Å²) in [4.78, 5) is 17.3. The van der Waals surface area contributed by atoms with Gasteiger partial charge in [-0.15, -0.1) is 11.3 Å². The number of carbonyl (C=O) groups excluding carboxylic acids is 1. The number of thiophene rings is 1. The number of benzene rings is 2. The van der Waals surface area contributed by atoms with Crippen LogP contribution in [-0.2, 0) is 4.79 Å². The van der Waals surface area contributed by atoms with E-state index >= 15 is 0 Å². The van der Waals surface area contributed by atoms with Crippen molar-refractivity contribution in [2.45, 2.75) is 25.9 Å². The average Bonchev–Trinajstić information content (AvgIpc) is 3.39. The molecule has 2 unspecified atom stereocenters. The number of hydrogen-bond acceptors (Lipinski definition) is 3. The van der Waals surface area contributed by atoms with E-state index in [0.29, 0.717) is 12.3 Å². The lowest BCUT2D eigenvalue weighted by molar-refractivity contribution is -0.127. The number of aromatic amines is 1. The van der Waals surface area contributed by atoms with Gasteiger partial charge in [-0.05, 0) is 54.6 Å². The van der Waals surface area contributed by atoms with Crippen molar-refractivity contribution in [1.29, 1.82) is 0 Å². The molecule has 0 aliphatic heterocycles. The number of amides is 1. The van der Waals surface area contributed by atoms with E-state index < -0.39 is 6.10 Å². The molecule has 4 aromatic rings. The van der Waals surface area contributed by atoms with Gasteiger partial charge in [0.1, 0.15) is 5.75 Å². The van der Waals surface area contributed by atoms with Gasteiger partial charge in [-0.2, -0.15) is 0 Å². The van der Waals surface area contributed by atoms with E-state index in [0.717, 1.165) is 11.1 Å². The van der Waals surface area contributed by atoms with Crippen molar-refractivity contribution in [2.75, 3.05) is 6.54 Å².